The molecule has 0 unspecified atom stereocenters. The van der Waals surface area contributed by atoms with Gasteiger partial charge in [0.15, 0.2) is 0 Å². The third kappa shape index (κ3) is 5.67. The van der Waals surface area contributed by atoms with Gasteiger partial charge in [-0.15, -0.1) is 0 Å². The van der Waals surface area contributed by atoms with E-state index in [9.17, 15) is 19.2 Å². The Kier molecular flexibility index (Phi) is 5.94. The van der Waals surface area contributed by atoms with Crippen LogP contribution in [0.4, 0.5) is 4.79 Å². The number of nitrogens with zero attached hydrogens (tertiary/aromatic N) is 1. The third-order valence-corrected chi connectivity index (χ3v) is 3.39. The Hall–Kier alpha value is -2.32. The quantitative estimate of drug-likeness (QED) is 0.475. The number of likely N-dealkylation sites (tertiary alicyclic amines) is 1. The Morgan fingerprint density at radius 2 is 1.71 bits per heavy atom. The first-order valence-electron chi connectivity index (χ1n) is 6.64. The molecule has 1 fully saturated rings. The number of nitrogens with two attached hydrogens (primary N) is 2. The number of nitrogens with one attached hydrogen (secondary N) is 1. The van der Waals surface area contributed by atoms with Crippen molar-refractivity contribution in [3.05, 3.63) is 0 Å². The average Bonchev–Trinajstić information content (AvgIpc) is 2.37. The predicted octanol–water partition coefficient (Wildman–Crippen LogP) is -1.39. The van der Waals surface area contributed by atoms with E-state index in [2.05, 4.69) is 5.32 Å². The minimum atomic E-state index is -1.33. The van der Waals surface area contributed by atoms with Crippen LogP contribution in [-0.2, 0) is 14.4 Å². The Morgan fingerprint density at radius 3 is 2.14 bits per heavy atom. The summed E-state index contributed by atoms with van der Waals surface area (Å²) in [6, 6.07) is -1.89. The lowest BCUT2D eigenvalue weighted by Gasteiger charge is -2.32. The van der Waals surface area contributed by atoms with Crippen LogP contribution in [0.2, 0.25) is 0 Å². The van der Waals surface area contributed by atoms with Crippen molar-refractivity contribution in [1.29, 1.82) is 0 Å². The molecular weight excluding hydrogens is 280 g/mol. The summed E-state index contributed by atoms with van der Waals surface area (Å²) in [7, 11) is 0. The molecule has 9 heteroatoms. The Balaban J connectivity index is 2.47. The summed E-state index contributed by atoms with van der Waals surface area (Å²) in [6.45, 7) is 0.819. The zero-order chi connectivity index (χ0) is 16.0. The molecule has 21 heavy (non-hydrogen) atoms. The molecule has 0 aromatic rings. The highest BCUT2D eigenvalue weighted by atomic mass is 16.4. The first kappa shape index (κ1) is 16.7. The highest BCUT2D eigenvalue weighted by Crippen LogP contribution is 2.20. The van der Waals surface area contributed by atoms with Crippen molar-refractivity contribution < 1.29 is 24.3 Å². The largest absolute Gasteiger partial charge is 0.480 e. The van der Waals surface area contributed by atoms with Crippen LogP contribution in [0.1, 0.15) is 25.7 Å². The molecule has 118 valence electrons. The van der Waals surface area contributed by atoms with Crippen molar-refractivity contribution >= 4 is 23.8 Å². The van der Waals surface area contributed by atoms with Gasteiger partial charge in [0, 0.05) is 19.5 Å². The van der Waals surface area contributed by atoms with Gasteiger partial charge in [-0.3, -0.25) is 9.59 Å². The van der Waals surface area contributed by atoms with Crippen molar-refractivity contribution in [2.75, 3.05) is 13.1 Å². The number of amides is 4. The van der Waals surface area contributed by atoms with Gasteiger partial charge >= 0.3 is 12.0 Å². The average molecular weight is 300 g/mol. The summed E-state index contributed by atoms with van der Waals surface area (Å²) in [4.78, 5) is 45.9. The van der Waals surface area contributed by atoms with Crippen LogP contribution in [0.5, 0.6) is 0 Å². The summed E-state index contributed by atoms with van der Waals surface area (Å²) >= 11 is 0. The molecule has 0 aromatic heterocycles. The van der Waals surface area contributed by atoms with Crippen LogP contribution in [-0.4, -0.2) is 53.0 Å². The molecule has 1 aliphatic rings. The van der Waals surface area contributed by atoms with Gasteiger partial charge in [0.2, 0.25) is 11.8 Å². The lowest BCUT2D eigenvalue weighted by atomic mass is 9.93. The van der Waals surface area contributed by atoms with Crippen molar-refractivity contribution in [2.45, 2.75) is 31.7 Å². The normalized spacial score (nSPS) is 17.0. The van der Waals surface area contributed by atoms with Gasteiger partial charge in [-0.25, -0.2) is 9.59 Å². The molecule has 9 nitrogen and oxygen atoms in total. The maximum atomic E-state index is 11.9. The van der Waals surface area contributed by atoms with Crippen LogP contribution in [0, 0.1) is 5.92 Å². The first-order chi connectivity index (χ1) is 9.79. The van der Waals surface area contributed by atoms with Crippen molar-refractivity contribution in [2.24, 2.45) is 17.4 Å². The summed E-state index contributed by atoms with van der Waals surface area (Å²) in [5.41, 5.74) is 10.1. The van der Waals surface area contributed by atoms with E-state index in [4.69, 9.17) is 16.6 Å². The van der Waals surface area contributed by atoms with E-state index in [1.807, 2.05) is 0 Å². The Labute approximate surface area is 121 Å². The first-order valence-corrected chi connectivity index (χ1v) is 6.64. The van der Waals surface area contributed by atoms with E-state index in [0.717, 1.165) is 0 Å². The van der Waals surface area contributed by atoms with Gasteiger partial charge in [-0.05, 0) is 18.8 Å². The molecule has 4 amide bonds. The third-order valence-electron chi connectivity index (χ3n) is 3.39. The van der Waals surface area contributed by atoms with Gasteiger partial charge in [-0.2, -0.15) is 0 Å². The summed E-state index contributed by atoms with van der Waals surface area (Å²) < 4.78 is 0. The van der Waals surface area contributed by atoms with Gasteiger partial charge in [-0.1, -0.05) is 0 Å². The van der Waals surface area contributed by atoms with Gasteiger partial charge in [0.25, 0.3) is 0 Å². The summed E-state index contributed by atoms with van der Waals surface area (Å²) in [6.07, 6.45) is 1.09. The summed E-state index contributed by atoms with van der Waals surface area (Å²) in [5, 5.41) is 11.2. The number of rotatable bonds is 6. The number of carboxylic acids is 1. The lowest BCUT2D eigenvalue weighted by Crippen LogP contribution is -2.51. The Bertz CT molecular complexity index is 431. The molecule has 0 bridgehead atoms. The molecule has 1 rings (SSSR count). The number of piperidine rings is 1. The number of aliphatic carboxylic acids is 1. The van der Waals surface area contributed by atoms with Crippen LogP contribution in [0.25, 0.3) is 0 Å². The van der Waals surface area contributed by atoms with E-state index in [1.54, 1.807) is 0 Å². The minimum absolute atomic E-state index is 0.146. The fourth-order valence-electron chi connectivity index (χ4n) is 2.27. The number of carbonyl (C=O) groups is 4. The van der Waals surface area contributed by atoms with Crippen LogP contribution < -0.4 is 16.8 Å². The fourth-order valence-corrected chi connectivity index (χ4v) is 2.27. The number of hydrogen-bond acceptors (Lipinski definition) is 4. The van der Waals surface area contributed by atoms with Gasteiger partial charge < -0.3 is 26.8 Å². The second-order valence-corrected chi connectivity index (χ2v) is 5.11. The molecule has 0 aliphatic carbocycles. The molecule has 1 aliphatic heterocycles. The number of carboxylic acid groups (broad SMARTS) is 1. The van der Waals surface area contributed by atoms with Gasteiger partial charge in [0.1, 0.15) is 6.04 Å². The molecule has 1 saturated heterocycles. The number of primary amides is 2. The number of hydrogen-bond donors (Lipinski definition) is 4. The van der Waals surface area contributed by atoms with Crippen molar-refractivity contribution in [3.63, 3.8) is 0 Å². The zero-order valence-electron chi connectivity index (χ0n) is 11.6. The van der Waals surface area contributed by atoms with E-state index in [1.165, 1.54) is 4.90 Å². The molecule has 0 aromatic carbocycles. The molecule has 1 heterocycles. The second-order valence-electron chi connectivity index (χ2n) is 5.11. The monoisotopic (exact) mass is 300 g/mol. The zero-order valence-corrected chi connectivity index (χ0v) is 11.6. The van der Waals surface area contributed by atoms with Crippen LogP contribution in [0.15, 0.2) is 0 Å². The Morgan fingerprint density at radius 1 is 1.14 bits per heavy atom. The number of urea groups is 1. The van der Waals surface area contributed by atoms with E-state index >= 15 is 0 Å². The fraction of sp³-hybridized carbons (Fsp3) is 0.667. The van der Waals surface area contributed by atoms with Crippen LogP contribution >= 0.6 is 0 Å². The van der Waals surface area contributed by atoms with E-state index in [-0.39, 0.29) is 18.2 Å². The van der Waals surface area contributed by atoms with Crippen LogP contribution in [0.3, 0.4) is 0 Å². The van der Waals surface area contributed by atoms with E-state index < -0.39 is 30.4 Å². The minimum Gasteiger partial charge on any atom is -0.480 e. The summed E-state index contributed by atoms with van der Waals surface area (Å²) in [5.74, 6) is -2.34. The number of carbonyl (C=O) groups excluding carboxylic acids is 3. The highest BCUT2D eigenvalue weighted by Gasteiger charge is 2.28. The second kappa shape index (κ2) is 7.46. The topological polar surface area (TPSA) is 156 Å². The smallest absolute Gasteiger partial charge is 0.326 e. The SMILES string of the molecule is NC(=O)CC1CCN(C(=O)N[C@@H](CC(N)=O)C(=O)O)CC1. The molecule has 0 radical (unpaired) electrons. The molecular formula is C12H20N4O5. The standard InChI is InChI=1S/C12H20N4O5/c13-9(17)5-7-1-3-16(4-2-7)12(21)15-8(11(19)20)6-10(14)18/h7-8H,1-6H2,(H2,13,17)(H2,14,18)(H,15,21)(H,19,20)/t8-/m0/s1. The predicted molar refractivity (Wildman–Crippen MR) is 71.9 cm³/mol. The molecule has 6 N–H and O–H groups in total. The molecule has 0 saturated carbocycles. The maximum absolute atomic E-state index is 11.9. The highest BCUT2D eigenvalue weighted by molar-refractivity contribution is 5.87. The lowest BCUT2D eigenvalue weighted by molar-refractivity contribution is -0.141. The molecule has 0 spiro atoms. The van der Waals surface area contributed by atoms with Crippen molar-refractivity contribution in [1.82, 2.24) is 10.2 Å². The molecule has 1 atom stereocenters. The maximum Gasteiger partial charge on any atom is 0.326 e. The van der Waals surface area contributed by atoms with Gasteiger partial charge in [0.05, 0.1) is 6.42 Å². The van der Waals surface area contributed by atoms with E-state index in [0.29, 0.717) is 25.9 Å². The van der Waals surface area contributed by atoms with Crippen molar-refractivity contribution in [3.8, 4) is 0 Å².